The highest BCUT2D eigenvalue weighted by Gasteiger charge is 2.21. The van der Waals surface area contributed by atoms with Crippen LogP contribution in [0.25, 0.3) is 0 Å². The number of carbonyl (C=O) groups is 1. The molecule has 2 unspecified atom stereocenters. The minimum Gasteiger partial charge on any atom is -0.481 e. The maximum absolute atomic E-state index is 13.1. The molecular weight excluding hydrogens is 307 g/mol. The number of alkyl halides is 1. The lowest BCUT2D eigenvalue weighted by molar-refractivity contribution is -0.136. The van der Waals surface area contributed by atoms with Gasteiger partial charge in [0.1, 0.15) is 11.9 Å². The van der Waals surface area contributed by atoms with E-state index in [-0.39, 0.29) is 11.1 Å². The second kappa shape index (κ2) is 6.82. The van der Waals surface area contributed by atoms with E-state index in [0.717, 1.165) is 12.1 Å². The first-order chi connectivity index (χ1) is 8.45. The molecule has 0 heterocycles. The average Bonchev–Trinajstić information content (AvgIpc) is 2.28. The Morgan fingerprint density at radius 2 is 2.06 bits per heavy atom. The molecule has 1 aromatic carbocycles. The van der Waals surface area contributed by atoms with Crippen molar-refractivity contribution in [1.29, 1.82) is 0 Å². The van der Waals surface area contributed by atoms with Crippen LogP contribution in [0.5, 0.6) is 0 Å². The first kappa shape index (κ1) is 15.1. The zero-order valence-electron chi connectivity index (χ0n) is 9.51. The molecule has 4 nitrogen and oxygen atoms in total. The van der Waals surface area contributed by atoms with E-state index in [1.165, 1.54) is 6.07 Å². The van der Waals surface area contributed by atoms with Gasteiger partial charge in [0.15, 0.2) is 0 Å². The van der Waals surface area contributed by atoms with Gasteiger partial charge in [-0.1, -0.05) is 22.0 Å². The van der Waals surface area contributed by atoms with Gasteiger partial charge in [-0.25, -0.2) is 4.39 Å². The molecule has 18 heavy (non-hydrogen) atoms. The molecule has 0 bridgehead atoms. The molecule has 1 rings (SSSR count). The Morgan fingerprint density at radius 3 is 2.61 bits per heavy atom. The number of rotatable bonds is 6. The summed E-state index contributed by atoms with van der Waals surface area (Å²) in [5.41, 5.74) is 0.413. The zero-order valence-corrected chi connectivity index (χ0v) is 11.1. The van der Waals surface area contributed by atoms with Crippen molar-refractivity contribution in [2.24, 2.45) is 0 Å². The largest absolute Gasteiger partial charge is 0.481 e. The summed E-state index contributed by atoms with van der Waals surface area (Å²) in [4.78, 5) is 10.7. The predicted octanol–water partition coefficient (Wildman–Crippen LogP) is 1.63. The lowest BCUT2D eigenvalue weighted by Gasteiger charge is -2.19. The number of halogens is 2. The van der Waals surface area contributed by atoms with Crippen molar-refractivity contribution in [2.45, 2.75) is 25.0 Å². The van der Waals surface area contributed by atoms with Crippen LogP contribution in [0.1, 0.15) is 23.7 Å². The summed E-state index contributed by atoms with van der Waals surface area (Å²) in [5, 5.41) is 28.8. The van der Waals surface area contributed by atoms with E-state index in [4.69, 9.17) is 5.11 Å². The number of carboxylic acid groups (broad SMARTS) is 1. The summed E-state index contributed by atoms with van der Waals surface area (Å²) < 4.78 is 13.1. The topological polar surface area (TPSA) is 77.8 Å². The summed E-state index contributed by atoms with van der Waals surface area (Å²) in [6, 6.07) is 3.49. The highest BCUT2D eigenvalue weighted by Crippen LogP contribution is 2.24. The third-order valence-corrected chi connectivity index (χ3v) is 2.99. The molecule has 1 aromatic rings. The highest BCUT2D eigenvalue weighted by molar-refractivity contribution is 9.09. The van der Waals surface area contributed by atoms with Gasteiger partial charge in [-0.2, -0.15) is 0 Å². The quantitative estimate of drug-likeness (QED) is 0.696. The molecule has 0 fully saturated rings. The minimum atomic E-state index is -1.22. The van der Waals surface area contributed by atoms with Crippen LogP contribution in [0.2, 0.25) is 0 Å². The van der Waals surface area contributed by atoms with E-state index < -0.39 is 30.4 Å². The van der Waals surface area contributed by atoms with Gasteiger partial charge in [0, 0.05) is 5.33 Å². The Kier molecular flexibility index (Phi) is 5.71. The van der Waals surface area contributed by atoms with Crippen LogP contribution < -0.4 is 0 Å². The van der Waals surface area contributed by atoms with Gasteiger partial charge in [0.25, 0.3) is 0 Å². The summed E-state index contributed by atoms with van der Waals surface area (Å²) >= 11 is 3.14. The molecule has 0 aliphatic rings. The molecule has 0 spiro atoms. The normalized spacial score (nSPS) is 14.2. The van der Waals surface area contributed by atoms with E-state index in [2.05, 4.69) is 15.9 Å². The Bertz CT molecular complexity index is 425. The Labute approximate surface area is 112 Å². The van der Waals surface area contributed by atoms with E-state index in [1.54, 1.807) is 0 Å². The van der Waals surface area contributed by atoms with Crippen LogP contribution in [0.15, 0.2) is 18.2 Å². The summed E-state index contributed by atoms with van der Waals surface area (Å²) in [5.74, 6) is -1.69. The van der Waals surface area contributed by atoms with Crippen molar-refractivity contribution >= 4 is 21.9 Å². The van der Waals surface area contributed by atoms with Crippen molar-refractivity contribution in [3.8, 4) is 0 Å². The first-order valence-electron chi connectivity index (χ1n) is 5.38. The molecule has 0 saturated heterocycles. The van der Waals surface area contributed by atoms with Crippen molar-refractivity contribution in [3.05, 3.63) is 35.1 Å². The van der Waals surface area contributed by atoms with Crippen molar-refractivity contribution < 1.29 is 24.5 Å². The minimum absolute atomic E-state index is 0.170. The molecule has 0 saturated carbocycles. The smallest absolute Gasteiger partial charge is 0.307 e. The van der Waals surface area contributed by atoms with Crippen molar-refractivity contribution in [2.75, 3.05) is 5.33 Å². The number of carboxylic acids is 1. The molecule has 0 aliphatic heterocycles. The second-order valence-corrected chi connectivity index (χ2v) is 4.70. The fraction of sp³-hybridized carbons (Fsp3) is 0.417. The fourth-order valence-corrected chi connectivity index (χ4v) is 2.12. The average molecular weight is 321 g/mol. The zero-order chi connectivity index (χ0) is 13.7. The van der Waals surface area contributed by atoms with Crippen LogP contribution >= 0.6 is 15.9 Å². The predicted molar refractivity (Wildman–Crippen MR) is 67.1 cm³/mol. The van der Waals surface area contributed by atoms with Gasteiger partial charge < -0.3 is 15.3 Å². The van der Waals surface area contributed by atoms with Crippen LogP contribution in [0.4, 0.5) is 4.39 Å². The summed E-state index contributed by atoms with van der Waals surface area (Å²) in [6.45, 7) is 0. The third kappa shape index (κ3) is 4.04. The number of aliphatic hydroxyl groups is 2. The molecule has 6 heteroatoms. The SMILES string of the molecule is O=C(O)Cc1cc(F)ccc1C(O)C(O)CCBr. The monoisotopic (exact) mass is 320 g/mol. The molecular formula is C12H14BrFO4. The van der Waals surface area contributed by atoms with Crippen LogP contribution in [-0.2, 0) is 11.2 Å². The molecule has 100 valence electrons. The van der Waals surface area contributed by atoms with Gasteiger partial charge in [-0.3, -0.25) is 4.79 Å². The highest BCUT2D eigenvalue weighted by atomic mass is 79.9. The number of hydrogen-bond acceptors (Lipinski definition) is 3. The van der Waals surface area contributed by atoms with E-state index >= 15 is 0 Å². The van der Waals surface area contributed by atoms with Gasteiger partial charge in [-0.05, 0) is 29.7 Å². The van der Waals surface area contributed by atoms with Gasteiger partial charge in [0.2, 0.25) is 0 Å². The molecule has 2 atom stereocenters. The van der Waals surface area contributed by atoms with Crippen molar-refractivity contribution in [3.63, 3.8) is 0 Å². The maximum Gasteiger partial charge on any atom is 0.307 e. The number of hydrogen-bond donors (Lipinski definition) is 3. The number of benzene rings is 1. The van der Waals surface area contributed by atoms with Crippen LogP contribution in [0.3, 0.4) is 0 Å². The molecule has 0 aliphatic carbocycles. The van der Waals surface area contributed by atoms with Crippen LogP contribution in [0, 0.1) is 5.82 Å². The Balaban J connectivity index is 3.02. The number of aliphatic carboxylic acids is 1. The maximum atomic E-state index is 13.1. The van der Waals surface area contributed by atoms with E-state index in [9.17, 15) is 19.4 Å². The Hall–Kier alpha value is -0.980. The van der Waals surface area contributed by atoms with Crippen molar-refractivity contribution in [1.82, 2.24) is 0 Å². The lowest BCUT2D eigenvalue weighted by atomic mass is 9.95. The van der Waals surface area contributed by atoms with E-state index in [1.807, 2.05) is 0 Å². The standard InChI is InChI=1S/C12H14BrFO4/c13-4-3-10(15)12(18)9-2-1-8(14)5-7(9)6-11(16)17/h1-2,5,10,12,15,18H,3-4,6H2,(H,16,17). The second-order valence-electron chi connectivity index (χ2n) is 3.90. The Morgan fingerprint density at radius 1 is 1.39 bits per heavy atom. The molecule has 3 N–H and O–H groups in total. The lowest BCUT2D eigenvalue weighted by Crippen LogP contribution is -2.20. The first-order valence-corrected chi connectivity index (χ1v) is 6.50. The van der Waals surface area contributed by atoms with Gasteiger partial charge in [0.05, 0.1) is 12.5 Å². The molecule has 0 radical (unpaired) electrons. The summed E-state index contributed by atoms with van der Waals surface area (Å²) in [6.07, 6.45) is -2.34. The number of aliphatic hydroxyl groups excluding tert-OH is 2. The molecule has 0 amide bonds. The van der Waals surface area contributed by atoms with E-state index in [0.29, 0.717) is 11.8 Å². The fourth-order valence-electron chi connectivity index (χ4n) is 1.66. The summed E-state index contributed by atoms with van der Waals surface area (Å²) in [7, 11) is 0. The molecule has 0 aromatic heterocycles. The van der Waals surface area contributed by atoms with Gasteiger partial charge >= 0.3 is 5.97 Å². The van der Waals surface area contributed by atoms with Gasteiger partial charge in [-0.15, -0.1) is 0 Å². The third-order valence-electron chi connectivity index (χ3n) is 2.53. The van der Waals surface area contributed by atoms with Crippen LogP contribution in [-0.4, -0.2) is 32.7 Å².